The topological polar surface area (TPSA) is 92.4 Å². The van der Waals surface area contributed by atoms with Gasteiger partial charge in [0.05, 0.1) is 4.43 Å². The van der Waals surface area contributed by atoms with Crippen LogP contribution in [0.5, 0.6) is 0 Å². The molecule has 0 aliphatic heterocycles. The van der Waals surface area contributed by atoms with Crippen LogP contribution in [0.1, 0.15) is 0 Å². The Morgan fingerprint density at radius 3 is 2.55 bits per heavy atom. The molecule has 0 aromatic rings. The lowest BCUT2D eigenvalue weighted by atomic mass is 10.3. The first-order valence-corrected chi connectivity index (χ1v) is 4.41. The maximum Gasteiger partial charge on any atom is 0.322 e. The van der Waals surface area contributed by atoms with Gasteiger partial charge in [-0.3, -0.25) is 9.59 Å². The van der Waals surface area contributed by atoms with E-state index in [1.165, 1.54) is 0 Å². The van der Waals surface area contributed by atoms with Crippen LogP contribution in [0.2, 0.25) is 0 Å². The molecule has 0 aliphatic carbocycles. The molecule has 64 valence electrons. The van der Waals surface area contributed by atoms with E-state index < -0.39 is 12.0 Å². The number of carboxylic acid groups (broad SMARTS) is 1. The molecule has 0 radical (unpaired) electrons. The van der Waals surface area contributed by atoms with E-state index in [9.17, 15) is 9.59 Å². The third kappa shape index (κ3) is 4.96. The number of nitrogens with two attached hydrogens (primary N) is 1. The SMILES string of the molecule is N[C@H](CNC(=O)CI)C(=O)O. The lowest BCUT2D eigenvalue weighted by Gasteiger charge is -2.06. The largest absolute Gasteiger partial charge is 0.480 e. The lowest BCUT2D eigenvalue weighted by Crippen LogP contribution is -2.42. The second-order valence-corrected chi connectivity index (χ2v) is 2.65. The van der Waals surface area contributed by atoms with Gasteiger partial charge in [0.15, 0.2) is 0 Å². The molecule has 1 amide bonds. The average Bonchev–Trinajstić information content (AvgIpc) is 1.99. The van der Waals surface area contributed by atoms with Gasteiger partial charge in [-0.15, -0.1) is 0 Å². The molecule has 5 nitrogen and oxygen atoms in total. The van der Waals surface area contributed by atoms with Crippen LogP contribution in [0.25, 0.3) is 0 Å². The van der Waals surface area contributed by atoms with Crippen LogP contribution in [0, 0.1) is 0 Å². The Bertz CT molecular complexity index is 162. The molecule has 1 atom stereocenters. The highest BCUT2D eigenvalue weighted by atomic mass is 127. The smallest absolute Gasteiger partial charge is 0.322 e. The van der Waals surface area contributed by atoms with Gasteiger partial charge in [0.2, 0.25) is 5.91 Å². The number of carbonyl (C=O) groups is 2. The lowest BCUT2D eigenvalue weighted by molar-refractivity contribution is -0.138. The average molecular weight is 272 g/mol. The van der Waals surface area contributed by atoms with Crippen molar-refractivity contribution < 1.29 is 14.7 Å². The second kappa shape index (κ2) is 5.30. The van der Waals surface area contributed by atoms with Gasteiger partial charge in [-0.25, -0.2) is 0 Å². The molecule has 0 aliphatic rings. The van der Waals surface area contributed by atoms with Crippen LogP contribution in [-0.4, -0.2) is 34.0 Å². The van der Waals surface area contributed by atoms with Gasteiger partial charge in [0.1, 0.15) is 6.04 Å². The van der Waals surface area contributed by atoms with Crippen molar-refractivity contribution in [3.05, 3.63) is 0 Å². The summed E-state index contributed by atoms with van der Waals surface area (Å²) in [4.78, 5) is 20.7. The molecule has 0 aromatic heterocycles. The van der Waals surface area contributed by atoms with E-state index in [1.54, 1.807) is 0 Å². The first-order valence-electron chi connectivity index (χ1n) is 2.89. The number of hydrogen-bond donors (Lipinski definition) is 3. The predicted molar refractivity (Wildman–Crippen MR) is 47.5 cm³/mol. The van der Waals surface area contributed by atoms with Crippen LogP contribution >= 0.6 is 22.6 Å². The summed E-state index contributed by atoms with van der Waals surface area (Å²) >= 11 is 1.88. The number of halogens is 1. The minimum Gasteiger partial charge on any atom is -0.480 e. The molecule has 0 fully saturated rings. The van der Waals surface area contributed by atoms with Gasteiger partial charge in [-0.1, -0.05) is 22.6 Å². The highest BCUT2D eigenvalue weighted by molar-refractivity contribution is 14.1. The summed E-state index contributed by atoms with van der Waals surface area (Å²) in [5.74, 6) is -1.32. The van der Waals surface area contributed by atoms with E-state index in [1.807, 2.05) is 22.6 Å². The van der Waals surface area contributed by atoms with Crippen molar-refractivity contribution in [3.8, 4) is 0 Å². The first-order chi connectivity index (χ1) is 5.07. The van der Waals surface area contributed by atoms with Crippen molar-refractivity contribution >= 4 is 34.5 Å². The maximum atomic E-state index is 10.6. The number of carboxylic acids is 1. The molecule has 0 saturated carbocycles. The van der Waals surface area contributed by atoms with E-state index in [0.717, 1.165) is 0 Å². The molecule has 11 heavy (non-hydrogen) atoms. The molecule has 0 heterocycles. The number of hydrogen-bond acceptors (Lipinski definition) is 3. The molecule has 0 bridgehead atoms. The summed E-state index contributed by atoms with van der Waals surface area (Å²) in [6.07, 6.45) is 0. The zero-order valence-electron chi connectivity index (χ0n) is 5.71. The molecule has 0 saturated heterocycles. The van der Waals surface area contributed by atoms with Crippen molar-refractivity contribution in [2.24, 2.45) is 5.73 Å². The fourth-order valence-corrected chi connectivity index (χ4v) is 0.628. The van der Waals surface area contributed by atoms with Gasteiger partial charge >= 0.3 is 5.97 Å². The molecule has 0 rings (SSSR count). The van der Waals surface area contributed by atoms with Gasteiger partial charge in [0, 0.05) is 6.54 Å². The number of alkyl halides is 1. The number of amides is 1. The Morgan fingerprint density at radius 1 is 1.64 bits per heavy atom. The van der Waals surface area contributed by atoms with Gasteiger partial charge in [0.25, 0.3) is 0 Å². The second-order valence-electron chi connectivity index (χ2n) is 1.88. The number of aliphatic carboxylic acids is 1. The van der Waals surface area contributed by atoms with Crippen LogP contribution < -0.4 is 11.1 Å². The van der Waals surface area contributed by atoms with E-state index in [-0.39, 0.29) is 12.5 Å². The summed E-state index contributed by atoms with van der Waals surface area (Å²) in [5.41, 5.74) is 5.10. The summed E-state index contributed by atoms with van der Waals surface area (Å²) in [6, 6.07) is -1.01. The fourth-order valence-electron chi connectivity index (χ4n) is 0.358. The quantitative estimate of drug-likeness (QED) is 0.449. The van der Waals surface area contributed by atoms with Crippen LogP contribution in [-0.2, 0) is 9.59 Å². The standard InChI is InChI=1S/C5H9IN2O3/c6-1-4(9)8-2-3(7)5(10)11/h3H,1-2,7H2,(H,8,9)(H,10,11)/t3-/m1/s1. The zero-order chi connectivity index (χ0) is 8.85. The fraction of sp³-hybridized carbons (Fsp3) is 0.600. The predicted octanol–water partition coefficient (Wildman–Crippen LogP) is -1.05. The summed E-state index contributed by atoms with van der Waals surface area (Å²) in [6.45, 7) is -0.0167. The monoisotopic (exact) mass is 272 g/mol. The summed E-state index contributed by atoms with van der Waals surface area (Å²) in [7, 11) is 0. The molecule has 6 heteroatoms. The van der Waals surface area contributed by atoms with Gasteiger partial charge in [-0.2, -0.15) is 0 Å². The molecule has 0 aromatic carbocycles. The molecule has 0 unspecified atom stereocenters. The number of nitrogens with one attached hydrogen (secondary N) is 1. The van der Waals surface area contributed by atoms with Crippen LogP contribution in [0.15, 0.2) is 0 Å². The third-order valence-corrected chi connectivity index (χ3v) is 1.65. The van der Waals surface area contributed by atoms with Crippen molar-refractivity contribution in [2.75, 3.05) is 11.0 Å². The van der Waals surface area contributed by atoms with Gasteiger partial charge < -0.3 is 16.2 Å². The van der Waals surface area contributed by atoms with Crippen molar-refractivity contribution in [3.63, 3.8) is 0 Å². The van der Waals surface area contributed by atoms with Crippen LogP contribution in [0.4, 0.5) is 0 Å². The Hall–Kier alpha value is -0.370. The van der Waals surface area contributed by atoms with Crippen molar-refractivity contribution in [1.82, 2.24) is 5.32 Å². The third-order valence-electron chi connectivity index (χ3n) is 0.958. The number of carbonyl (C=O) groups excluding carboxylic acids is 1. The molecule has 0 spiro atoms. The Kier molecular flexibility index (Phi) is 5.12. The Morgan fingerprint density at radius 2 is 2.18 bits per heavy atom. The van der Waals surface area contributed by atoms with Crippen LogP contribution in [0.3, 0.4) is 0 Å². The van der Waals surface area contributed by atoms with Gasteiger partial charge in [-0.05, 0) is 0 Å². The minimum absolute atomic E-state index is 0.0167. The zero-order valence-corrected chi connectivity index (χ0v) is 7.87. The molecule has 4 N–H and O–H groups in total. The van der Waals surface area contributed by atoms with E-state index in [0.29, 0.717) is 4.43 Å². The Labute approximate surface area is 77.5 Å². The highest BCUT2D eigenvalue weighted by Gasteiger charge is 2.11. The molecular formula is C5H9IN2O3. The molecular weight excluding hydrogens is 263 g/mol. The Balaban J connectivity index is 3.54. The maximum absolute atomic E-state index is 10.6. The van der Waals surface area contributed by atoms with E-state index in [2.05, 4.69) is 5.32 Å². The highest BCUT2D eigenvalue weighted by Crippen LogP contribution is 1.80. The van der Waals surface area contributed by atoms with E-state index in [4.69, 9.17) is 10.8 Å². The minimum atomic E-state index is -1.11. The van der Waals surface area contributed by atoms with Crippen molar-refractivity contribution in [2.45, 2.75) is 6.04 Å². The summed E-state index contributed by atoms with van der Waals surface area (Å²) < 4.78 is 0.310. The van der Waals surface area contributed by atoms with E-state index >= 15 is 0 Å². The normalized spacial score (nSPS) is 12.2. The first kappa shape index (κ1) is 10.6. The summed E-state index contributed by atoms with van der Waals surface area (Å²) in [5, 5.41) is 10.7. The number of rotatable bonds is 4. The van der Waals surface area contributed by atoms with Crippen molar-refractivity contribution in [1.29, 1.82) is 0 Å².